The van der Waals surface area contributed by atoms with Gasteiger partial charge in [0, 0.05) is 24.3 Å². The van der Waals surface area contributed by atoms with Gasteiger partial charge in [-0.1, -0.05) is 29.8 Å². The topological polar surface area (TPSA) is 46.9 Å². The lowest BCUT2D eigenvalue weighted by Gasteiger charge is -2.07. The van der Waals surface area contributed by atoms with Crippen molar-refractivity contribution in [1.82, 2.24) is 15.1 Å². The summed E-state index contributed by atoms with van der Waals surface area (Å²) in [6.07, 6.45) is 0. The molecule has 1 N–H and O–H groups in total. The van der Waals surface area contributed by atoms with Crippen molar-refractivity contribution in [3.8, 4) is 0 Å². The van der Waals surface area contributed by atoms with E-state index in [1.54, 1.807) is 4.68 Å². The lowest BCUT2D eigenvalue weighted by molar-refractivity contribution is 0.0949. The molecule has 0 spiro atoms. The van der Waals surface area contributed by atoms with Gasteiger partial charge in [0.1, 0.15) is 0 Å². The van der Waals surface area contributed by atoms with E-state index in [9.17, 15) is 4.79 Å². The van der Waals surface area contributed by atoms with Crippen LogP contribution in [0.15, 0.2) is 24.3 Å². The van der Waals surface area contributed by atoms with Gasteiger partial charge >= 0.3 is 0 Å². The van der Waals surface area contributed by atoms with E-state index in [1.807, 2.05) is 45.2 Å². The van der Waals surface area contributed by atoms with Gasteiger partial charge in [-0.3, -0.25) is 9.48 Å². The van der Waals surface area contributed by atoms with Gasteiger partial charge in [-0.25, -0.2) is 0 Å². The first-order valence-electron chi connectivity index (χ1n) is 6.02. The van der Waals surface area contributed by atoms with Gasteiger partial charge in [0.05, 0.1) is 11.3 Å². The molecule has 2 rings (SSSR count). The van der Waals surface area contributed by atoms with Crippen molar-refractivity contribution in [2.75, 3.05) is 0 Å². The number of hydrogen-bond acceptors (Lipinski definition) is 2. The van der Waals surface area contributed by atoms with Crippen molar-refractivity contribution in [1.29, 1.82) is 0 Å². The first-order valence-corrected chi connectivity index (χ1v) is 6.40. The van der Waals surface area contributed by atoms with Gasteiger partial charge in [0.2, 0.25) is 0 Å². The zero-order valence-electron chi connectivity index (χ0n) is 11.2. The lowest BCUT2D eigenvalue weighted by Crippen LogP contribution is -2.24. The molecule has 0 bridgehead atoms. The number of nitrogens with zero attached hydrogens (tertiary/aromatic N) is 2. The van der Waals surface area contributed by atoms with Crippen LogP contribution < -0.4 is 5.32 Å². The number of aryl methyl sites for hydroxylation is 2. The normalized spacial score (nSPS) is 10.5. The highest BCUT2D eigenvalue weighted by Crippen LogP contribution is 2.15. The third-order valence-corrected chi connectivity index (χ3v) is 3.50. The zero-order chi connectivity index (χ0) is 14.0. The summed E-state index contributed by atoms with van der Waals surface area (Å²) < 4.78 is 1.71. The largest absolute Gasteiger partial charge is 0.348 e. The number of halogens is 1. The fraction of sp³-hybridized carbons (Fsp3) is 0.286. The Bertz CT molecular complexity index is 619. The fourth-order valence-corrected chi connectivity index (χ4v) is 2.21. The summed E-state index contributed by atoms with van der Waals surface area (Å²) in [6, 6.07) is 7.46. The van der Waals surface area contributed by atoms with E-state index in [1.165, 1.54) is 0 Å². The van der Waals surface area contributed by atoms with Gasteiger partial charge in [-0.2, -0.15) is 5.10 Å². The average molecular weight is 278 g/mol. The number of aromatic nitrogens is 2. The maximum atomic E-state index is 12.2. The highest BCUT2D eigenvalue weighted by molar-refractivity contribution is 6.31. The van der Waals surface area contributed by atoms with Gasteiger partial charge in [-0.15, -0.1) is 0 Å². The van der Waals surface area contributed by atoms with Crippen LogP contribution in [0.1, 0.15) is 27.3 Å². The lowest BCUT2D eigenvalue weighted by atomic mass is 10.1. The standard InChI is InChI=1S/C14H16ClN3O/c1-9-13(10(2)18(3)17-9)14(19)16-8-11-6-4-5-7-12(11)15/h4-7H,8H2,1-3H3,(H,16,19). The minimum Gasteiger partial charge on any atom is -0.348 e. The Morgan fingerprint density at radius 3 is 2.63 bits per heavy atom. The first kappa shape index (κ1) is 13.6. The maximum absolute atomic E-state index is 12.2. The predicted octanol–water partition coefficient (Wildman–Crippen LogP) is 2.62. The molecule has 0 fully saturated rings. The molecule has 4 nitrogen and oxygen atoms in total. The summed E-state index contributed by atoms with van der Waals surface area (Å²) in [4.78, 5) is 12.2. The van der Waals surface area contributed by atoms with Crippen molar-refractivity contribution in [3.63, 3.8) is 0 Å². The number of rotatable bonds is 3. The van der Waals surface area contributed by atoms with Crippen LogP contribution in [0.2, 0.25) is 5.02 Å². The highest BCUT2D eigenvalue weighted by Gasteiger charge is 2.16. The van der Waals surface area contributed by atoms with Crippen molar-refractivity contribution < 1.29 is 4.79 Å². The second kappa shape index (κ2) is 5.45. The van der Waals surface area contributed by atoms with Gasteiger partial charge in [0.25, 0.3) is 5.91 Å². The second-order valence-electron chi connectivity index (χ2n) is 4.44. The number of hydrogen-bond donors (Lipinski definition) is 1. The number of benzene rings is 1. The molecule has 1 amide bonds. The molecule has 1 aromatic heterocycles. The van der Waals surface area contributed by atoms with Crippen LogP contribution >= 0.6 is 11.6 Å². The molecular formula is C14H16ClN3O. The van der Waals surface area contributed by atoms with Crippen LogP contribution in [0, 0.1) is 13.8 Å². The van der Waals surface area contributed by atoms with E-state index in [4.69, 9.17) is 11.6 Å². The summed E-state index contributed by atoms with van der Waals surface area (Å²) in [5.74, 6) is -0.122. The Hall–Kier alpha value is -1.81. The van der Waals surface area contributed by atoms with Crippen LogP contribution in [-0.2, 0) is 13.6 Å². The summed E-state index contributed by atoms with van der Waals surface area (Å²) in [5.41, 5.74) is 3.12. The summed E-state index contributed by atoms with van der Waals surface area (Å²) in [5, 5.41) is 7.76. The number of carbonyl (C=O) groups excluding carboxylic acids is 1. The van der Waals surface area contributed by atoms with E-state index >= 15 is 0 Å². The Labute approximate surface area is 117 Å². The van der Waals surface area contributed by atoms with E-state index in [0.717, 1.165) is 17.0 Å². The molecule has 5 heteroatoms. The molecule has 1 heterocycles. The van der Waals surface area contributed by atoms with Crippen LogP contribution in [0.4, 0.5) is 0 Å². The van der Waals surface area contributed by atoms with Crippen molar-refractivity contribution in [2.45, 2.75) is 20.4 Å². The van der Waals surface area contributed by atoms with Gasteiger partial charge < -0.3 is 5.32 Å². The molecule has 0 aliphatic heterocycles. The monoisotopic (exact) mass is 277 g/mol. The summed E-state index contributed by atoms with van der Waals surface area (Å²) in [7, 11) is 1.83. The molecule has 0 aliphatic carbocycles. The highest BCUT2D eigenvalue weighted by atomic mass is 35.5. The average Bonchev–Trinajstić information content (AvgIpc) is 2.62. The zero-order valence-corrected chi connectivity index (χ0v) is 12.0. The molecule has 1 aromatic carbocycles. The summed E-state index contributed by atoms with van der Waals surface area (Å²) in [6.45, 7) is 4.12. The Morgan fingerprint density at radius 2 is 2.05 bits per heavy atom. The first-order chi connectivity index (χ1) is 9.00. The molecule has 0 saturated carbocycles. The predicted molar refractivity (Wildman–Crippen MR) is 75.3 cm³/mol. The third-order valence-electron chi connectivity index (χ3n) is 3.13. The van der Waals surface area contributed by atoms with E-state index in [0.29, 0.717) is 17.1 Å². The Balaban J connectivity index is 2.12. The fourth-order valence-electron chi connectivity index (χ4n) is 2.01. The van der Waals surface area contributed by atoms with Crippen LogP contribution in [-0.4, -0.2) is 15.7 Å². The molecule has 100 valence electrons. The molecule has 2 aromatic rings. The van der Waals surface area contributed by atoms with E-state index in [2.05, 4.69) is 10.4 Å². The second-order valence-corrected chi connectivity index (χ2v) is 4.85. The van der Waals surface area contributed by atoms with Crippen LogP contribution in [0.25, 0.3) is 0 Å². The van der Waals surface area contributed by atoms with Crippen LogP contribution in [0.3, 0.4) is 0 Å². The molecule has 0 saturated heterocycles. The minimum absolute atomic E-state index is 0.122. The van der Waals surface area contributed by atoms with Gasteiger partial charge in [-0.05, 0) is 25.5 Å². The van der Waals surface area contributed by atoms with E-state index < -0.39 is 0 Å². The van der Waals surface area contributed by atoms with Crippen molar-refractivity contribution in [2.24, 2.45) is 7.05 Å². The van der Waals surface area contributed by atoms with Gasteiger partial charge in [0.15, 0.2) is 0 Å². The van der Waals surface area contributed by atoms with E-state index in [-0.39, 0.29) is 5.91 Å². The van der Waals surface area contributed by atoms with Crippen LogP contribution in [0.5, 0.6) is 0 Å². The SMILES string of the molecule is Cc1nn(C)c(C)c1C(=O)NCc1ccccc1Cl. The molecule has 0 atom stereocenters. The molecule has 19 heavy (non-hydrogen) atoms. The van der Waals surface area contributed by atoms with Crippen molar-refractivity contribution in [3.05, 3.63) is 51.8 Å². The van der Waals surface area contributed by atoms with Crippen molar-refractivity contribution >= 4 is 17.5 Å². The maximum Gasteiger partial charge on any atom is 0.255 e. The third kappa shape index (κ3) is 2.79. The number of amides is 1. The molecule has 0 unspecified atom stereocenters. The molecule has 0 aliphatic rings. The Morgan fingerprint density at radius 1 is 1.37 bits per heavy atom. The Kier molecular flexibility index (Phi) is 3.90. The minimum atomic E-state index is -0.122. The number of carbonyl (C=O) groups is 1. The molecular weight excluding hydrogens is 262 g/mol. The smallest absolute Gasteiger partial charge is 0.255 e. The number of nitrogens with one attached hydrogen (secondary N) is 1. The summed E-state index contributed by atoms with van der Waals surface area (Å²) >= 11 is 6.05. The molecule has 0 radical (unpaired) electrons. The quantitative estimate of drug-likeness (QED) is 0.937.